The Labute approximate surface area is 107 Å². The Morgan fingerprint density at radius 2 is 2.22 bits per heavy atom. The molecule has 2 rings (SSSR count). The Bertz CT molecular complexity index is 427. The number of rotatable bonds is 2. The molecule has 0 radical (unpaired) electrons. The average molecular weight is 248 g/mol. The molecule has 1 atom stereocenters. The van der Waals surface area contributed by atoms with E-state index in [1.807, 2.05) is 19.1 Å². The number of hydrogen-bond acceptors (Lipinski definition) is 4. The van der Waals surface area contributed by atoms with E-state index in [0.29, 0.717) is 5.56 Å². The van der Waals surface area contributed by atoms with Crippen molar-refractivity contribution in [3.63, 3.8) is 0 Å². The van der Waals surface area contributed by atoms with E-state index in [0.717, 1.165) is 38.2 Å². The first-order chi connectivity index (χ1) is 8.48. The SMILES string of the molecule is CC1(O)CCCN(c2ccc(C(=N)N)cn2)CC1. The van der Waals surface area contributed by atoms with Crippen LogP contribution in [-0.4, -0.2) is 34.6 Å². The number of nitrogens with one attached hydrogen (secondary N) is 1. The average Bonchev–Trinajstić information content (AvgIpc) is 2.50. The maximum Gasteiger partial charge on any atom is 0.128 e. The highest BCUT2D eigenvalue weighted by molar-refractivity contribution is 5.94. The van der Waals surface area contributed by atoms with Crippen LogP contribution in [0.3, 0.4) is 0 Å². The van der Waals surface area contributed by atoms with E-state index in [1.54, 1.807) is 6.20 Å². The summed E-state index contributed by atoms with van der Waals surface area (Å²) in [6.07, 6.45) is 4.17. The molecule has 0 aliphatic carbocycles. The molecule has 1 aromatic rings. The van der Waals surface area contributed by atoms with E-state index in [-0.39, 0.29) is 5.84 Å². The van der Waals surface area contributed by atoms with Crippen LogP contribution >= 0.6 is 0 Å². The summed E-state index contributed by atoms with van der Waals surface area (Å²) in [6, 6.07) is 3.70. The smallest absolute Gasteiger partial charge is 0.128 e. The van der Waals surface area contributed by atoms with Crippen molar-refractivity contribution in [2.45, 2.75) is 31.8 Å². The number of aliphatic hydroxyl groups is 1. The van der Waals surface area contributed by atoms with Gasteiger partial charge in [-0.15, -0.1) is 0 Å². The number of aromatic nitrogens is 1. The molecule has 4 N–H and O–H groups in total. The quantitative estimate of drug-likeness (QED) is 0.540. The molecular weight excluding hydrogens is 228 g/mol. The molecule has 0 amide bonds. The van der Waals surface area contributed by atoms with Gasteiger partial charge in [0.25, 0.3) is 0 Å². The summed E-state index contributed by atoms with van der Waals surface area (Å²) < 4.78 is 0. The molecule has 18 heavy (non-hydrogen) atoms. The fourth-order valence-electron chi connectivity index (χ4n) is 2.22. The lowest BCUT2D eigenvalue weighted by molar-refractivity contribution is 0.0481. The largest absolute Gasteiger partial charge is 0.390 e. The van der Waals surface area contributed by atoms with Gasteiger partial charge in [-0.25, -0.2) is 4.98 Å². The summed E-state index contributed by atoms with van der Waals surface area (Å²) >= 11 is 0. The van der Waals surface area contributed by atoms with Crippen LogP contribution in [0.5, 0.6) is 0 Å². The van der Waals surface area contributed by atoms with E-state index in [4.69, 9.17) is 11.1 Å². The summed E-state index contributed by atoms with van der Waals surface area (Å²) in [4.78, 5) is 6.51. The van der Waals surface area contributed by atoms with E-state index in [9.17, 15) is 5.11 Å². The molecule has 0 bridgehead atoms. The Morgan fingerprint density at radius 1 is 1.44 bits per heavy atom. The van der Waals surface area contributed by atoms with Crippen molar-refractivity contribution >= 4 is 11.7 Å². The maximum absolute atomic E-state index is 10.0. The molecule has 2 heterocycles. The van der Waals surface area contributed by atoms with Crippen LogP contribution in [-0.2, 0) is 0 Å². The van der Waals surface area contributed by atoms with Crippen LogP contribution in [0.25, 0.3) is 0 Å². The minimum Gasteiger partial charge on any atom is -0.390 e. The van der Waals surface area contributed by atoms with Crippen molar-refractivity contribution in [2.75, 3.05) is 18.0 Å². The molecular formula is C13H20N4O. The first-order valence-electron chi connectivity index (χ1n) is 6.26. The third-order valence-electron chi connectivity index (χ3n) is 3.45. The van der Waals surface area contributed by atoms with Gasteiger partial charge in [-0.3, -0.25) is 5.41 Å². The Balaban J connectivity index is 2.09. The van der Waals surface area contributed by atoms with Crippen molar-refractivity contribution in [3.05, 3.63) is 23.9 Å². The molecule has 1 aliphatic heterocycles. The molecule has 0 aromatic carbocycles. The van der Waals surface area contributed by atoms with Gasteiger partial charge < -0.3 is 15.7 Å². The maximum atomic E-state index is 10.0. The first-order valence-corrected chi connectivity index (χ1v) is 6.26. The Hall–Kier alpha value is -1.62. The van der Waals surface area contributed by atoms with Crippen molar-refractivity contribution in [1.29, 1.82) is 5.41 Å². The molecule has 98 valence electrons. The van der Waals surface area contributed by atoms with Crippen molar-refractivity contribution in [1.82, 2.24) is 4.98 Å². The molecule has 1 unspecified atom stereocenters. The first kappa shape index (κ1) is 12.8. The van der Waals surface area contributed by atoms with Gasteiger partial charge in [-0.1, -0.05) is 0 Å². The van der Waals surface area contributed by atoms with E-state index >= 15 is 0 Å². The molecule has 0 spiro atoms. The fraction of sp³-hybridized carbons (Fsp3) is 0.538. The zero-order chi connectivity index (χ0) is 13.2. The lowest BCUT2D eigenvalue weighted by atomic mass is 9.98. The van der Waals surface area contributed by atoms with Gasteiger partial charge in [0.05, 0.1) is 5.60 Å². The lowest BCUT2D eigenvalue weighted by Crippen LogP contribution is -2.28. The van der Waals surface area contributed by atoms with Gasteiger partial charge in [0, 0.05) is 24.8 Å². The second kappa shape index (κ2) is 4.94. The Morgan fingerprint density at radius 3 is 2.83 bits per heavy atom. The zero-order valence-electron chi connectivity index (χ0n) is 10.7. The molecule has 1 aliphatic rings. The highest BCUT2D eigenvalue weighted by Crippen LogP contribution is 2.24. The van der Waals surface area contributed by atoms with E-state index in [1.165, 1.54) is 0 Å². The summed E-state index contributed by atoms with van der Waals surface area (Å²) in [7, 11) is 0. The second-order valence-corrected chi connectivity index (χ2v) is 5.16. The fourth-order valence-corrected chi connectivity index (χ4v) is 2.22. The van der Waals surface area contributed by atoms with Crippen molar-refractivity contribution in [2.24, 2.45) is 5.73 Å². The van der Waals surface area contributed by atoms with Crippen LogP contribution in [0.4, 0.5) is 5.82 Å². The van der Waals surface area contributed by atoms with Crippen LogP contribution in [0.2, 0.25) is 0 Å². The van der Waals surface area contributed by atoms with Crippen molar-refractivity contribution < 1.29 is 5.11 Å². The summed E-state index contributed by atoms with van der Waals surface area (Å²) in [6.45, 7) is 3.60. The van der Waals surface area contributed by atoms with Crippen LogP contribution in [0.1, 0.15) is 31.7 Å². The lowest BCUT2D eigenvalue weighted by Gasteiger charge is -2.23. The number of amidine groups is 1. The van der Waals surface area contributed by atoms with Gasteiger partial charge in [-0.2, -0.15) is 0 Å². The van der Waals surface area contributed by atoms with Gasteiger partial charge in [-0.05, 0) is 38.3 Å². The highest BCUT2D eigenvalue weighted by Gasteiger charge is 2.25. The van der Waals surface area contributed by atoms with E-state index in [2.05, 4.69) is 9.88 Å². The van der Waals surface area contributed by atoms with Gasteiger partial charge in [0.2, 0.25) is 0 Å². The minimum absolute atomic E-state index is 0.0350. The van der Waals surface area contributed by atoms with Crippen LogP contribution < -0.4 is 10.6 Å². The van der Waals surface area contributed by atoms with Gasteiger partial charge in [0.1, 0.15) is 11.7 Å². The number of anilines is 1. The zero-order valence-corrected chi connectivity index (χ0v) is 10.7. The Kier molecular flexibility index (Phi) is 3.52. The minimum atomic E-state index is -0.561. The predicted molar refractivity (Wildman–Crippen MR) is 71.9 cm³/mol. The van der Waals surface area contributed by atoms with Gasteiger partial charge in [0.15, 0.2) is 0 Å². The molecule has 1 fully saturated rings. The molecule has 0 saturated carbocycles. The number of pyridine rings is 1. The van der Waals surface area contributed by atoms with Crippen molar-refractivity contribution in [3.8, 4) is 0 Å². The normalized spacial score (nSPS) is 24.7. The van der Waals surface area contributed by atoms with Gasteiger partial charge >= 0.3 is 0 Å². The van der Waals surface area contributed by atoms with E-state index < -0.39 is 5.60 Å². The highest BCUT2D eigenvalue weighted by atomic mass is 16.3. The number of nitrogens with two attached hydrogens (primary N) is 1. The number of nitrogens with zero attached hydrogens (tertiary/aromatic N) is 2. The predicted octanol–water partition coefficient (Wildman–Crippen LogP) is 1.11. The summed E-state index contributed by atoms with van der Waals surface area (Å²) in [5.41, 5.74) is 5.48. The summed E-state index contributed by atoms with van der Waals surface area (Å²) in [5.74, 6) is 0.922. The third-order valence-corrected chi connectivity index (χ3v) is 3.45. The molecule has 5 nitrogen and oxygen atoms in total. The second-order valence-electron chi connectivity index (χ2n) is 5.16. The van der Waals surface area contributed by atoms with Crippen LogP contribution in [0, 0.1) is 5.41 Å². The monoisotopic (exact) mass is 248 g/mol. The standard InChI is InChI=1S/C13H20N4O/c1-13(18)5-2-7-17(8-6-13)11-4-3-10(9-16-11)12(14)15/h3-4,9,18H,2,5-8H2,1H3,(H3,14,15). The number of nitrogen functional groups attached to an aromatic ring is 1. The number of hydrogen-bond donors (Lipinski definition) is 3. The van der Waals surface area contributed by atoms with Crippen LogP contribution in [0.15, 0.2) is 18.3 Å². The molecule has 5 heteroatoms. The molecule has 1 aromatic heterocycles. The topological polar surface area (TPSA) is 86.2 Å². The third kappa shape index (κ3) is 2.98. The molecule has 1 saturated heterocycles. The summed E-state index contributed by atoms with van der Waals surface area (Å²) in [5, 5.41) is 17.4.